The number of ether oxygens (including phenoxy) is 1. The number of pyridine rings is 1. The Morgan fingerprint density at radius 1 is 0.735 bits per heavy atom. The van der Waals surface area contributed by atoms with Gasteiger partial charge in [0.15, 0.2) is 0 Å². The molecule has 0 spiro atoms. The van der Waals surface area contributed by atoms with Crippen LogP contribution in [0, 0.1) is 0 Å². The second-order valence-corrected chi connectivity index (χ2v) is 14.1. The SMILES string of the molecule is CCc1nn(-c2cccc(Oc3ccc4c5cc(C(C)CC)ccc5n(-c5cc(C(C)(C)C)ccn5)c4c3)c2)c(CC)c1-c1ccccc1. The van der Waals surface area contributed by atoms with Crippen molar-refractivity contribution in [2.75, 3.05) is 0 Å². The Bertz CT molecular complexity index is 2270. The quantitative estimate of drug-likeness (QED) is 0.157. The molecular formula is C44H46N4O. The van der Waals surface area contributed by atoms with Gasteiger partial charge in [0.2, 0.25) is 0 Å². The summed E-state index contributed by atoms with van der Waals surface area (Å²) in [6.07, 6.45) is 4.76. The van der Waals surface area contributed by atoms with Crippen LogP contribution in [0.25, 0.3) is 44.4 Å². The zero-order valence-corrected chi connectivity index (χ0v) is 29.8. The van der Waals surface area contributed by atoms with Gasteiger partial charge in [-0.3, -0.25) is 4.57 Å². The van der Waals surface area contributed by atoms with Crippen molar-refractivity contribution in [2.24, 2.45) is 0 Å². The minimum absolute atomic E-state index is 0.00539. The van der Waals surface area contributed by atoms with Gasteiger partial charge in [0.1, 0.15) is 17.3 Å². The van der Waals surface area contributed by atoms with E-state index in [4.69, 9.17) is 14.8 Å². The highest BCUT2D eigenvalue weighted by Crippen LogP contribution is 2.38. The fourth-order valence-electron chi connectivity index (χ4n) is 6.92. The third-order valence-electron chi connectivity index (χ3n) is 9.87. The Hall–Kier alpha value is -5.16. The molecule has 0 aliphatic heterocycles. The van der Waals surface area contributed by atoms with Crippen LogP contribution in [0.2, 0.25) is 0 Å². The van der Waals surface area contributed by atoms with Gasteiger partial charge in [-0.05, 0) is 95.8 Å². The molecule has 5 nitrogen and oxygen atoms in total. The Kier molecular flexibility index (Phi) is 8.62. The summed E-state index contributed by atoms with van der Waals surface area (Å²) in [7, 11) is 0. The van der Waals surface area contributed by atoms with Crippen molar-refractivity contribution in [3.05, 3.63) is 132 Å². The average molecular weight is 647 g/mol. The first kappa shape index (κ1) is 32.4. The smallest absolute Gasteiger partial charge is 0.137 e. The van der Waals surface area contributed by atoms with Gasteiger partial charge in [0.25, 0.3) is 0 Å². The standard InChI is InChI=1S/C44H46N4O/c1-8-29(4)31-19-22-40-37(25-31)36-21-20-35(28-41(36)47(40)42-26-32(23-24-45-42)44(5,6)7)49-34-18-14-17-33(27-34)48-39(10-3)43(38(9-2)46-48)30-15-12-11-13-16-30/h11-29H,8-10H2,1-7H3. The number of aryl methyl sites for hydroxylation is 1. The first-order valence-electron chi connectivity index (χ1n) is 17.7. The lowest BCUT2D eigenvalue weighted by Crippen LogP contribution is -2.12. The Balaban J connectivity index is 1.33. The van der Waals surface area contributed by atoms with Gasteiger partial charge in [0, 0.05) is 34.7 Å². The highest BCUT2D eigenvalue weighted by atomic mass is 16.5. The van der Waals surface area contributed by atoms with Crippen LogP contribution in [-0.2, 0) is 18.3 Å². The van der Waals surface area contributed by atoms with E-state index in [1.807, 2.05) is 18.3 Å². The van der Waals surface area contributed by atoms with E-state index in [0.29, 0.717) is 5.92 Å². The summed E-state index contributed by atoms with van der Waals surface area (Å²) in [5, 5.41) is 7.53. The zero-order valence-electron chi connectivity index (χ0n) is 29.8. The Labute approximate surface area is 290 Å². The normalized spacial score (nSPS) is 12.6. The minimum atomic E-state index is 0.00539. The molecule has 5 heteroatoms. The zero-order chi connectivity index (χ0) is 34.3. The van der Waals surface area contributed by atoms with E-state index >= 15 is 0 Å². The molecule has 1 atom stereocenters. The predicted molar refractivity (Wildman–Crippen MR) is 204 cm³/mol. The summed E-state index contributed by atoms with van der Waals surface area (Å²) in [5.74, 6) is 2.94. The number of fused-ring (bicyclic) bond motifs is 3. The molecule has 0 amide bonds. The molecule has 1 unspecified atom stereocenters. The fraction of sp³-hybridized carbons (Fsp3) is 0.273. The average Bonchev–Trinajstić information content (AvgIpc) is 3.66. The van der Waals surface area contributed by atoms with E-state index in [9.17, 15) is 0 Å². The molecule has 248 valence electrons. The molecule has 0 N–H and O–H groups in total. The molecule has 0 saturated carbocycles. The Morgan fingerprint density at radius 2 is 1.53 bits per heavy atom. The fourth-order valence-corrected chi connectivity index (χ4v) is 6.92. The van der Waals surface area contributed by atoms with E-state index in [1.54, 1.807) is 0 Å². The molecule has 0 aliphatic rings. The van der Waals surface area contributed by atoms with Gasteiger partial charge in [0.05, 0.1) is 28.1 Å². The van der Waals surface area contributed by atoms with E-state index in [0.717, 1.165) is 59.0 Å². The van der Waals surface area contributed by atoms with Crippen molar-refractivity contribution in [2.45, 2.75) is 79.1 Å². The second kappa shape index (κ2) is 13.0. The lowest BCUT2D eigenvalue weighted by Gasteiger charge is -2.20. The molecule has 49 heavy (non-hydrogen) atoms. The molecule has 0 fully saturated rings. The molecule has 3 heterocycles. The van der Waals surface area contributed by atoms with Crippen LogP contribution in [0.3, 0.4) is 0 Å². The van der Waals surface area contributed by atoms with Crippen molar-refractivity contribution in [1.82, 2.24) is 19.3 Å². The lowest BCUT2D eigenvalue weighted by molar-refractivity contribution is 0.482. The van der Waals surface area contributed by atoms with Crippen LogP contribution in [0.15, 0.2) is 109 Å². The summed E-state index contributed by atoms with van der Waals surface area (Å²) >= 11 is 0. The maximum absolute atomic E-state index is 6.64. The lowest BCUT2D eigenvalue weighted by atomic mass is 9.88. The van der Waals surface area contributed by atoms with Crippen LogP contribution in [0.5, 0.6) is 11.5 Å². The van der Waals surface area contributed by atoms with Gasteiger partial charge < -0.3 is 4.74 Å². The topological polar surface area (TPSA) is 44.9 Å². The minimum Gasteiger partial charge on any atom is -0.457 e. The second-order valence-electron chi connectivity index (χ2n) is 14.1. The van der Waals surface area contributed by atoms with E-state index in [2.05, 4.69) is 149 Å². The predicted octanol–water partition coefficient (Wildman–Crippen LogP) is 11.8. The Morgan fingerprint density at radius 3 is 2.27 bits per heavy atom. The van der Waals surface area contributed by atoms with Crippen LogP contribution in [-0.4, -0.2) is 19.3 Å². The third-order valence-corrected chi connectivity index (χ3v) is 9.87. The van der Waals surface area contributed by atoms with E-state index in [-0.39, 0.29) is 5.41 Å². The van der Waals surface area contributed by atoms with Crippen molar-refractivity contribution in [3.8, 4) is 34.1 Å². The number of nitrogens with zero attached hydrogens (tertiary/aromatic N) is 4. The number of hydrogen-bond donors (Lipinski definition) is 0. The van der Waals surface area contributed by atoms with Crippen LogP contribution >= 0.6 is 0 Å². The van der Waals surface area contributed by atoms with Crippen LogP contribution in [0.1, 0.15) is 83.3 Å². The number of aromatic nitrogens is 4. The summed E-state index contributed by atoms with van der Waals surface area (Å²) < 4.78 is 11.0. The summed E-state index contributed by atoms with van der Waals surface area (Å²) in [6, 6.07) is 36.6. The molecule has 0 aliphatic carbocycles. The summed E-state index contributed by atoms with van der Waals surface area (Å²) in [5.41, 5.74) is 10.6. The highest BCUT2D eigenvalue weighted by Gasteiger charge is 2.21. The maximum atomic E-state index is 6.64. The van der Waals surface area contributed by atoms with Crippen LogP contribution in [0.4, 0.5) is 0 Å². The highest BCUT2D eigenvalue weighted by molar-refractivity contribution is 6.09. The first-order chi connectivity index (χ1) is 23.7. The van der Waals surface area contributed by atoms with E-state index < -0.39 is 0 Å². The van der Waals surface area contributed by atoms with Crippen molar-refractivity contribution in [3.63, 3.8) is 0 Å². The van der Waals surface area contributed by atoms with Gasteiger partial charge in [-0.15, -0.1) is 0 Å². The summed E-state index contributed by atoms with van der Waals surface area (Å²) in [4.78, 5) is 4.89. The molecule has 3 aromatic heterocycles. The van der Waals surface area contributed by atoms with Crippen LogP contribution < -0.4 is 4.74 Å². The van der Waals surface area contributed by atoms with Crippen molar-refractivity contribution >= 4 is 21.8 Å². The molecule has 0 radical (unpaired) electrons. The number of benzene rings is 4. The largest absolute Gasteiger partial charge is 0.457 e. The molecule has 7 aromatic rings. The molecule has 0 bridgehead atoms. The molecule has 4 aromatic carbocycles. The molecule has 0 saturated heterocycles. The first-order valence-corrected chi connectivity index (χ1v) is 17.7. The van der Waals surface area contributed by atoms with Gasteiger partial charge >= 0.3 is 0 Å². The maximum Gasteiger partial charge on any atom is 0.137 e. The van der Waals surface area contributed by atoms with Gasteiger partial charge in [-0.2, -0.15) is 5.10 Å². The number of hydrogen-bond acceptors (Lipinski definition) is 3. The van der Waals surface area contributed by atoms with Crippen molar-refractivity contribution in [1.29, 1.82) is 0 Å². The molecule has 7 rings (SSSR count). The van der Waals surface area contributed by atoms with Crippen molar-refractivity contribution < 1.29 is 4.74 Å². The van der Waals surface area contributed by atoms with Gasteiger partial charge in [-0.25, -0.2) is 9.67 Å². The van der Waals surface area contributed by atoms with E-state index in [1.165, 1.54) is 38.7 Å². The number of rotatable bonds is 9. The monoisotopic (exact) mass is 646 g/mol. The third kappa shape index (κ3) is 6.03. The molecular weight excluding hydrogens is 601 g/mol. The van der Waals surface area contributed by atoms with Gasteiger partial charge in [-0.1, -0.05) is 90.9 Å². The summed E-state index contributed by atoms with van der Waals surface area (Å²) in [6.45, 7) is 15.7.